The monoisotopic (exact) mass is 324 g/mol. The molecule has 5 rings (SSSR count). The number of piperidine rings is 3. The summed E-state index contributed by atoms with van der Waals surface area (Å²) in [6.45, 7) is 4.55. The predicted molar refractivity (Wildman–Crippen MR) is 95.7 cm³/mol. The maximum absolute atomic E-state index is 12.7. The summed E-state index contributed by atoms with van der Waals surface area (Å²) in [7, 11) is 0. The number of anilines is 1. The van der Waals surface area contributed by atoms with Crippen LogP contribution in [0.3, 0.4) is 0 Å². The fourth-order valence-electron chi connectivity index (χ4n) is 4.20. The smallest absolute Gasteiger partial charge is 0.267 e. The van der Waals surface area contributed by atoms with Crippen molar-refractivity contribution < 1.29 is 4.79 Å². The standard InChI is InChI=1S/C19H24N4O/c1-12-18(13-8-10-23(12)11-9-13)22-19(24)17-7-6-16(21-17)14-4-2-3-5-15(14)20/h2-7,12-13,18,21H,8-11,20H2,1H3,(H,22,24)/t12-,18+/m1/s1. The molecule has 4 heterocycles. The highest BCUT2D eigenvalue weighted by Crippen LogP contribution is 2.32. The number of hydrogen-bond acceptors (Lipinski definition) is 3. The van der Waals surface area contributed by atoms with Gasteiger partial charge in [-0.05, 0) is 57.0 Å². The van der Waals surface area contributed by atoms with Gasteiger partial charge in [0.25, 0.3) is 5.91 Å². The molecular formula is C19H24N4O. The number of fused-ring (bicyclic) bond motifs is 3. The van der Waals surface area contributed by atoms with E-state index in [1.807, 2.05) is 36.4 Å². The van der Waals surface area contributed by atoms with Gasteiger partial charge in [0.1, 0.15) is 5.69 Å². The largest absolute Gasteiger partial charge is 0.398 e. The summed E-state index contributed by atoms with van der Waals surface area (Å²) in [4.78, 5) is 18.4. The van der Waals surface area contributed by atoms with E-state index < -0.39 is 0 Å². The first kappa shape index (κ1) is 15.3. The zero-order valence-electron chi connectivity index (χ0n) is 14.0. The van der Waals surface area contributed by atoms with Crippen molar-refractivity contribution in [3.63, 3.8) is 0 Å². The topological polar surface area (TPSA) is 74.1 Å². The number of nitrogens with one attached hydrogen (secondary N) is 2. The minimum atomic E-state index is -0.0265. The fraction of sp³-hybridized carbons (Fsp3) is 0.421. The molecule has 126 valence electrons. The van der Waals surface area contributed by atoms with Crippen LogP contribution >= 0.6 is 0 Å². The Morgan fingerprint density at radius 2 is 1.96 bits per heavy atom. The summed E-state index contributed by atoms with van der Waals surface area (Å²) >= 11 is 0. The number of nitrogen functional groups attached to an aromatic ring is 1. The first-order chi connectivity index (χ1) is 11.6. The third kappa shape index (κ3) is 2.59. The zero-order valence-corrected chi connectivity index (χ0v) is 14.0. The second-order valence-corrected chi connectivity index (χ2v) is 6.99. The second kappa shape index (κ2) is 5.98. The van der Waals surface area contributed by atoms with Gasteiger partial charge < -0.3 is 16.0 Å². The molecule has 24 heavy (non-hydrogen) atoms. The van der Waals surface area contributed by atoms with Crippen LogP contribution in [0.1, 0.15) is 30.3 Å². The lowest BCUT2D eigenvalue weighted by Gasteiger charge is -2.49. The van der Waals surface area contributed by atoms with E-state index in [4.69, 9.17) is 5.73 Å². The highest BCUT2D eigenvalue weighted by Gasteiger charge is 2.40. The highest BCUT2D eigenvalue weighted by atomic mass is 16.2. The Bertz CT molecular complexity index is 743. The van der Waals surface area contributed by atoms with Crippen LogP contribution in [0.5, 0.6) is 0 Å². The van der Waals surface area contributed by atoms with Crippen LogP contribution in [-0.4, -0.2) is 41.0 Å². The molecule has 2 atom stereocenters. The predicted octanol–water partition coefficient (Wildman–Crippen LogP) is 2.48. The van der Waals surface area contributed by atoms with Gasteiger partial charge in [0.05, 0.1) is 0 Å². The molecule has 3 aliphatic rings. The highest BCUT2D eigenvalue weighted by molar-refractivity contribution is 5.94. The normalized spacial score (nSPS) is 28.7. The number of nitrogens with zero attached hydrogens (tertiary/aromatic N) is 1. The molecule has 2 aromatic rings. The number of hydrogen-bond donors (Lipinski definition) is 3. The first-order valence-corrected chi connectivity index (χ1v) is 8.72. The van der Waals surface area contributed by atoms with Gasteiger partial charge in [-0.25, -0.2) is 0 Å². The van der Waals surface area contributed by atoms with Crippen molar-refractivity contribution in [2.45, 2.75) is 31.8 Å². The summed E-state index contributed by atoms with van der Waals surface area (Å²) in [6.07, 6.45) is 2.37. The number of aromatic amines is 1. The van der Waals surface area contributed by atoms with Crippen molar-refractivity contribution >= 4 is 11.6 Å². The maximum atomic E-state index is 12.7. The minimum Gasteiger partial charge on any atom is -0.398 e. The van der Waals surface area contributed by atoms with Crippen molar-refractivity contribution in [1.29, 1.82) is 0 Å². The van der Waals surface area contributed by atoms with Crippen LogP contribution in [0, 0.1) is 5.92 Å². The van der Waals surface area contributed by atoms with E-state index in [1.165, 1.54) is 12.8 Å². The second-order valence-electron chi connectivity index (χ2n) is 6.99. The SMILES string of the molecule is C[C@@H]1[C@H](NC(=O)c2ccc(-c3ccccc3N)[nH]2)C2CCN1CC2. The van der Waals surface area contributed by atoms with Gasteiger partial charge in [0.2, 0.25) is 0 Å². The number of aromatic nitrogens is 1. The Labute approximate surface area is 142 Å². The van der Waals surface area contributed by atoms with Gasteiger partial charge in [0, 0.05) is 29.0 Å². The number of para-hydroxylation sites is 1. The number of H-pyrrole nitrogens is 1. The summed E-state index contributed by atoms with van der Waals surface area (Å²) in [5, 5.41) is 3.25. The summed E-state index contributed by atoms with van der Waals surface area (Å²) in [5.74, 6) is 0.578. The van der Waals surface area contributed by atoms with Crippen LogP contribution < -0.4 is 11.1 Å². The molecule has 3 saturated heterocycles. The van der Waals surface area contributed by atoms with Crippen molar-refractivity contribution in [3.8, 4) is 11.3 Å². The van der Waals surface area contributed by atoms with Gasteiger partial charge >= 0.3 is 0 Å². The van der Waals surface area contributed by atoms with Gasteiger partial charge in [0.15, 0.2) is 0 Å². The number of nitrogens with two attached hydrogens (primary N) is 1. The van der Waals surface area contributed by atoms with Gasteiger partial charge in [-0.2, -0.15) is 0 Å². The van der Waals surface area contributed by atoms with Crippen molar-refractivity contribution in [3.05, 3.63) is 42.1 Å². The first-order valence-electron chi connectivity index (χ1n) is 8.72. The summed E-state index contributed by atoms with van der Waals surface area (Å²) < 4.78 is 0. The Balaban J connectivity index is 1.51. The van der Waals surface area contributed by atoms with E-state index in [-0.39, 0.29) is 11.9 Å². The number of carbonyl (C=O) groups is 1. The molecule has 0 unspecified atom stereocenters. The lowest BCUT2D eigenvalue weighted by atomic mass is 9.79. The summed E-state index contributed by atoms with van der Waals surface area (Å²) in [6, 6.07) is 12.1. The Morgan fingerprint density at radius 1 is 1.21 bits per heavy atom. The van der Waals surface area contributed by atoms with Crippen molar-refractivity contribution in [2.75, 3.05) is 18.8 Å². The molecule has 3 aliphatic heterocycles. The van der Waals surface area contributed by atoms with Gasteiger partial charge in [-0.1, -0.05) is 18.2 Å². The molecule has 0 radical (unpaired) electrons. The van der Waals surface area contributed by atoms with E-state index >= 15 is 0 Å². The quantitative estimate of drug-likeness (QED) is 0.759. The van der Waals surface area contributed by atoms with Crippen LogP contribution in [-0.2, 0) is 0 Å². The molecule has 1 aromatic carbocycles. The van der Waals surface area contributed by atoms with E-state index in [9.17, 15) is 4.79 Å². The minimum absolute atomic E-state index is 0.0265. The van der Waals surface area contributed by atoms with Gasteiger partial charge in [-0.15, -0.1) is 0 Å². The Hall–Kier alpha value is -2.27. The average molecular weight is 324 g/mol. The lowest BCUT2D eigenvalue weighted by molar-refractivity contribution is 0.0216. The fourth-order valence-corrected chi connectivity index (χ4v) is 4.20. The van der Waals surface area contributed by atoms with Crippen LogP contribution in [0.2, 0.25) is 0 Å². The zero-order chi connectivity index (χ0) is 16.7. The molecule has 4 N–H and O–H groups in total. The number of rotatable bonds is 3. The molecular weight excluding hydrogens is 300 g/mol. The summed E-state index contributed by atoms with van der Waals surface area (Å²) in [5.41, 5.74) is 9.12. The third-order valence-corrected chi connectivity index (χ3v) is 5.66. The maximum Gasteiger partial charge on any atom is 0.267 e. The van der Waals surface area contributed by atoms with E-state index in [0.29, 0.717) is 23.3 Å². The molecule has 1 aromatic heterocycles. The molecule has 1 amide bonds. The molecule has 5 nitrogen and oxygen atoms in total. The average Bonchev–Trinajstić information content (AvgIpc) is 3.09. The van der Waals surface area contributed by atoms with Crippen LogP contribution in [0.25, 0.3) is 11.3 Å². The molecule has 2 bridgehead atoms. The number of amides is 1. The van der Waals surface area contributed by atoms with E-state index in [1.54, 1.807) is 0 Å². The van der Waals surface area contributed by atoms with Crippen LogP contribution in [0.4, 0.5) is 5.69 Å². The van der Waals surface area contributed by atoms with E-state index in [0.717, 1.165) is 24.3 Å². The van der Waals surface area contributed by atoms with Crippen molar-refractivity contribution in [2.24, 2.45) is 5.92 Å². The molecule has 5 heteroatoms. The lowest BCUT2D eigenvalue weighted by Crippen LogP contribution is -2.62. The molecule has 0 saturated carbocycles. The molecule has 3 fully saturated rings. The molecule has 0 spiro atoms. The number of benzene rings is 1. The van der Waals surface area contributed by atoms with Crippen molar-refractivity contribution in [1.82, 2.24) is 15.2 Å². The molecule has 0 aliphatic carbocycles. The van der Waals surface area contributed by atoms with Crippen LogP contribution in [0.15, 0.2) is 36.4 Å². The number of carbonyl (C=O) groups excluding carboxylic acids is 1. The Morgan fingerprint density at radius 3 is 2.67 bits per heavy atom. The van der Waals surface area contributed by atoms with Gasteiger partial charge in [-0.3, -0.25) is 9.69 Å². The third-order valence-electron chi connectivity index (χ3n) is 5.66. The van der Waals surface area contributed by atoms with E-state index in [2.05, 4.69) is 22.1 Å². The Kier molecular flexibility index (Phi) is 3.81.